The van der Waals surface area contributed by atoms with E-state index in [0.717, 1.165) is 43.7 Å². The summed E-state index contributed by atoms with van der Waals surface area (Å²) in [5.74, 6) is -0.0884. The summed E-state index contributed by atoms with van der Waals surface area (Å²) in [5, 5.41) is 3.15. The van der Waals surface area contributed by atoms with Gasteiger partial charge >= 0.3 is 0 Å². The number of halogens is 1. The van der Waals surface area contributed by atoms with Crippen LogP contribution in [0, 0.1) is 5.82 Å². The van der Waals surface area contributed by atoms with E-state index in [1.165, 1.54) is 12.1 Å². The van der Waals surface area contributed by atoms with Gasteiger partial charge in [0.25, 0.3) is 0 Å². The third kappa shape index (κ3) is 5.13. The van der Waals surface area contributed by atoms with Crippen LogP contribution < -0.4 is 5.32 Å². The van der Waals surface area contributed by atoms with Gasteiger partial charge in [-0.3, -0.25) is 9.69 Å². The Hall–Kier alpha value is -2.21. The largest absolute Gasteiger partial charge is 0.353 e. The Morgan fingerprint density at radius 3 is 2.64 bits per heavy atom. The van der Waals surface area contributed by atoms with Crippen molar-refractivity contribution in [2.75, 3.05) is 13.1 Å². The van der Waals surface area contributed by atoms with Crippen molar-refractivity contribution in [3.05, 3.63) is 53.9 Å². The molecule has 2 aromatic rings. The lowest BCUT2D eigenvalue weighted by Crippen LogP contribution is -2.44. The molecule has 1 aromatic carbocycles. The number of benzene rings is 1. The van der Waals surface area contributed by atoms with E-state index >= 15 is 0 Å². The van der Waals surface area contributed by atoms with Crippen molar-refractivity contribution in [2.24, 2.45) is 7.05 Å². The second kappa shape index (κ2) is 8.25. The van der Waals surface area contributed by atoms with E-state index < -0.39 is 0 Å². The summed E-state index contributed by atoms with van der Waals surface area (Å²) in [6.45, 7) is 2.73. The first-order chi connectivity index (χ1) is 12.1. The van der Waals surface area contributed by atoms with Crippen LogP contribution >= 0.6 is 0 Å². The number of aromatic nitrogens is 2. The molecular weight excluding hydrogens is 319 g/mol. The van der Waals surface area contributed by atoms with Crippen molar-refractivity contribution in [3.8, 4) is 0 Å². The van der Waals surface area contributed by atoms with Crippen molar-refractivity contribution in [1.82, 2.24) is 19.8 Å². The molecule has 3 rings (SSSR count). The van der Waals surface area contributed by atoms with E-state index in [2.05, 4.69) is 15.2 Å². The molecule has 134 valence electrons. The summed E-state index contributed by atoms with van der Waals surface area (Å²) in [4.78, 5) is 18.6. The zero-order chi connectivity index (χ0) is 17.6. The van der Waals surface area contributed by atoms with Gasteiger partial charge < -0.3 is 9.88 Å². The van der Waals surface area contributed by atoms with Gasteiger partial charge in [-0.15, -0.1) is 0 Å². The molecule has 0 radical (unpaired) electrons. The third-order valence-corrected chi connectivity index (χ3v) is 4.80. The monoisotopic (exact) mass is 344 g/mol. The van der Waals surface area contributed by atoms with Crippen molar-refractivity contribution in [2.45, 2.75) is 38.3 Å². The van der Waals surface area contributed by atoms with Gasteiger partial charge in [-0.05, 0) is 37.0 Å². The molecule has 0 saturated carbocycles. The summed E-state index contributed by atoms with van der Waals surface area (Å²) < 4.78 is 14.9. The Morgan fingerprint density at radius 1 is 1.28 bits per heavy atom. The number of hydrogen-bond donors (Lipinski definition) is 1. The van der Waals surface area contributed by atoms with Gasteiger partial charge in [-0.25, -0.2) is 9.37 Å². The summed E-state index contributed by atoms with van der Waals surface area (Å²) in [5.41, 5.74) is 2.20. The number of likely N-dealkylation sites (tertiary alicyclic amines) is 1. The maximum atomic E-state index is 13.0. The van der Waals surface area contributed by atoms with E-state index in [9.17, 15) is 9.18 Å². The zero-order valence-electron chi connectivity index (χ0n) is 14.6. The highest BCUT2D eigenvalue weighted by Gasteiger charge is 2.20. The number of amides is 1. The SMILES string of the molecule is Cn1cncc1CCC(=O)NC1CCN(Cc2ccc(F)cc2)CC1. The van der Waals surface area contributed by atoms with E-state index in [0.29, 0.717) is 12.8 Å². The molecule has 1 N–H and O–H groups in total. The molecule has 0 spiro atoms. The van der Waals surface area contributed by atoms with Gasteiger partial charge in [0, 0.05) is 51.0 Å². The van der Waals surface area contributed by atoms with Crippen LogP contribution in [0.15, 0.2) is 36.8 Å². The first kappa shape index (κ1) is 17.6. The van der Waals surface area contributed by atoms with Gasteiger partial charge in [0.1, 0.15) is 5.82 Å². The Morgan fingerprint density at radius 2 is 2.00 bits per heavy atom. The van der Waals surface area contributed by atoms with Crippen molar-refractivity contribution < 1.29 is 9.18 Å². The third-order valence-electron chi connectivity index (χ3n) is 4.80. The molecule has 1 aliphatic heterocycles. The Bertz CT molecular complexity index is 690. The first-order valence-electron chi connectivity index (χ1n) is 8.81. The lowest BCUT2D eigenvalue weighted by atomic mass is 10.0. The second-order valence-corrected chi connectivity index (χ2v) is 6.74. The van der Waals surface area contributed by atoms with Crippen molar-refractivity contribution in [1.29, 1.82) is 0 Å². The molecule has 1 fully saturated rings. The molecular formula is C19H25FN4O. The first-order valence-corrected chi connectivity index (χ1v) is 8.81. The van der Waals surface area contributed by atoms with Crippen molar-refractivity contribution >= 4 is 5.91 Å². The van der Waals surface area contributed by atoms with Crippen LogP contribution in [0.5, 0.6) is 0 Å². The average Bonchev–Trinajstić information content (AvgIpc) is 3.02. The molecule has 0 unspecified atom stereocenters. The predicted octanol–water partition coefficient (Wildman–Crippen LogP) is 2.27. The maximum absolute atomic E-state index is 13.0. The van der Waals surface area contributed by atoms with Crippen LogP contribution in [0.25, 0.3) is 0 Å². The molecule has 2 heterocycles. The molecule has 1 amide bonds. The number of aryl methyl sites for hydroxylation is 2. The second-order valence-electron chi connectivity index (χ2n) is 6.74. The standard InChI is InChI=1S/C19H25FN4O/c1-23-14-21-12-18(23)6-7-19(25)22-17-8-10-24(11-9-17)13-15-2-4-16(20)5-3-15/h2-5,12,14,17H,6-11,13H2,1H3,(H,22,25). The van der Waals surface area contributed by atoms with E-state index in [4.69, 9.17) is 0 Å². The Balaban J connectivity index is 1.38. The maximum Gasteiger partial charge on any atom is 0.220 e. The lowest BCUT2D eigenvalue weighted by molar-refractivity contribution is -0.122. The number of carbonyl (C=O) groups is 1. The Kier molecular flexibility index (Phi) is 5.81. The van der Waals surface area contributed by atoms with Gasteiger partial charge in [0.15, 0.2) is 0 Å². The predicted molar refractivity (Wildman–Crippen MR) is 94.4 cm³/mol. The molecule has 6 heteroatoms. The number of piperidine rings is 1. The summed E-state index contributed by atoms with van der Waals surface area (Å²) >= 11 is 0. The molecule has 0 atom stereocenters. The van der Waals surface area contributed by atoms with Gasteiger partial charge in [0.2, 0.25) is 5.91 Å². The van der Waals surface area contributed by atoms with Gasteiger partial charge in [-0.1, -0.05) is 12.1 Å². The van der Waals surface area contributed by atoms with Crippen LogP contribution in [-0.2, 0) is 24.8 Å². The fraction of sp³-hybridized carbons (Fsp3) is 0.474. The normalized spacial score (nSPS) is 16.1. The Labute approximate surface area is 147 Å². The molecule has 1 aromatic heterocycles. The van der Waals surface area contributed by atoms with Crippen LogP contribution in [0.1, 0.15) is 30.5 Å². The molecule has 0 bridgehead atoms. The minimum absolute atomic E-state index is 0.109. The number of rotatable bonds is 6. The number of nitrogens with zero attached hydrogens (tertiary/aromatic N) is 3. The number of imidazole rings is 1. The minimum Gasteiger partial charge on any atom is -0.353 e. The molecule has 25 heavy (non-hydrogen) atoms. The van der Waals surface area contributed by atoms with E-state index in [1.807, 2.05) is 23.7 Å². The van der Waals surface area contributed by atoms with E-state index in [1.54, 1.807) is 12.5 Å². The highest BCUT2D eigenvalue weighted by atomic mass is 19.1. The van der Waals surface area contributed by atoms with Gasteiger partial charge in [0.05, 0.1) is 6.33 Å². The smallest absolute Gasteiger partial charge is 0.220 e. The highest BCUT2D eigenvalue weighted by Crippen LogP contribution is 2.14. The zero-order valence-corrected chi connectivity index (χ0v) is 14.6. The minimum atomic E-state index is -0.198. The van der Waals surface area contributed by atoms with Crippen LogP contribution in [0.3, 0.4) is 0 Å². The quantitative estimate of drug-likeness (QED) is 0.875. The fourth-order valence-electron chi connectivity index (χ4n) is 3.25. The average molecular weight is 344 g/mol. The topological polar surface area (TPSA) is 50.2 Å². The lowest BCUT2D eigenvalue weighted by Gasteiger charge is -2.32. The molecule has 0 aliphatic carbocycles. The van der Waals surface area contributed by atoms with Gasteiger partial charge in [-0.2, -0.15) is 0 Å². The van der Waals surface area contributed by atoms with Crippen molar-refractivity contribution in [3.63, 3.8) is 0 Å². The van der Waals surface area contributed by atoms with Crippen LogP contribution in [0.4, 0.5) is 4.39 Å². The van der Waals surface area contributed by atoms with Crippen LogP contribution in [-0.4, -0.2) is 39.5 Å². The highest BCUT2D eigenvalue weighted by molar-refractivity contribution is 5.76. The fourth-order valence-corrected chi connectivity index (χ4v) is 3.25. The molecule has 1 aliphatic rings. The number of carbonyl (C=O) groups excluding carboxylic acids is 1. The summed E-state index contributed by atoms with van der Waals surface area (Å²) in [6.07, 6.45) is 6.68. The van der Waals surface area contributed by atoms with E-state index in [-0.39, 0.29) is 17.8 Å². The summed E-state index contributed by atoms with van der Waals surface area (Å²) in [7, 11) is 1.94. The van der Waals surface area contributed by atoms with Crippen LogP contribution in [0.2, 0.25) is 0 Å². The summed E-state index contributed by atoms with van der Waals surface area (Å²) in [6, 6.07) is 6.93. The molecule has 5 nitrogen and oxygen atoms in total. The number of nitrogens with one attached hydrogen (secondary N) is 1. The number of hydrogen-bond acceptors (Lipinski definition) is 3. The molecule has 1 saturated heterocycles.